The van der Waals surface area contributed by atoms with E-state index in [0.29, 0.717) is 11.8 Å². The van der Waals surface area contributed by atoms with Crippen LogP contribution in [-0.4, -0.2) is 17.1 Å². The Morgan fingerprint density at radius 2 is 2.00 bits per heavy atom. The predicted octanol–water partition coefficient (Wildman–Crippen LogP) is 3.09. The Kier molecular flexibility index (Phi) is 3.36. The summed E-state index contributed by atoms with van der Waals surface area (Å²) in [6.07, 6.45) is 2.04. The van der Waals surface area contributed by atoms with Crippen LogP contribution in [-0.2, 0) is 4.79 Å². The number of aliphatic carboxylic acids is 1. The number of carboxylic acid groups (broad SMARTS) is 1. The van der Waals surface area contributed by atoms with Gasteiger partial charge in [0.2, 0.25) is 0 Å². The van der Waals surface area contributed by atoms with Crippen molar-refractivity contribution in [1.82, 2.24) is 0 Å². The molecule has 1 fully saturated rings. The zero-order valence-corrected chi connectivity index (χ0v) is 10.3. The maximum absolute atomic E-state index is 11.2. The number of carbonyl (C=O) groups is 1. The fourth-order valence-electron chi connectivity index (χ4n) is 2.11. The van der Waals surface area contributed by atoms with Gasteiger partial charge in [-0.1, -0.05) is 32.0 Å². The second kappa shape index (κ2) is 4.78. The summed E-state index contributed by atoms with van der Waals surface area (Å²) in [7, 11) is 0. The van der Waals surface area contributed by atoms with Gasteiger partial charge in [-0.05, 0) is 36.3 Å². The molecule has 1 unspecified atom stereocenters. The van der Waals surface area contributed by atoms with Gasteiger partial charge in [-0.15, -0.1) is 0 Å². The van der Waals surface area contributed by atoms with Crippen molar-refractivity contribution in [3.63, 3.8) is 0 Å². The summed E-state index contributed by atoms with van der Waals surface area (Å²) in [5, 5.41) is 12.4. The summed E-state index contributed by atoms with van der Waals surface area (Å²) in [6.45, 7) is 4.24. The van der Waals surface area contributed by atoms with Gasteiger partial charge in [-0.25, -0.2) is 4.79 Å². The highest BCUT2D eigenvalue weighted by Crippen LogP contribution is 2.35. The van der Waals surface area contributed by atoms with Crippen LogP contribution in [0.25, 0.3) is 0 Å². The molecule has 17 heavy (non-hydrogen) atoms. The quantitative estimate of drug-likeness (QED) is 0.821. The average molecular weight is 233 g/mol. The highest BCUT2D eigenvalue weighted by Gasteiger charge is 2.36. The lowest BCUT2D eigenvalue weighted by molar-refractivity contribution is -0.138. The molecule has 0 aromatic heterocycles. The van der Waals surface area contributed by atoms with Gasteiger partial charge in [-0.3, -0.25) is 0 Å². The van der Waals surface area contributed by atoms with Gasteiger partial charge >= 0.3 is 5.97 Å². The van der Waals surface area contributed by atoms with E-state index in [1.807, 2.05) is 18.2 Å². The minimum Gasteiger partial charge on any atom is -0.480 e. The molecule has 0 radical (unpaired) electrons. The fraction of sp³-hybridized carbons (Fsp3) is 0.500. The van der Waals surface area contributed by atoms with Crippen molar-refractivity contribution in [2.24, 2.45) is 5.92 Å². The molecule has 1 atom stereocenters. The minimum absolute atomic E-state index is 0.299. The molecule has 0 aliphatic heterocycles. The van der Waals surface area contributed by atoms with E-state index in [-0.39, 0.29) is 0 Å². The summed E-state index contributed by atoms with van der Waals surface area (Å²) in [4.78, 5) is 11.2. The molecule has 0 spiro atoms. The molecule has 92 valence electrons. The molecule has 0 bridgehead atoms. The van der Waals surface area contributed by atoms with Crippen molar-refractivity contribution in [2.75, 3.05) is 5.32 Å². The number of nitrogens with one attached hydrogen (secondary N) is 1. The molecule has 1 aromatic carbocycles. The topological polar surface area (TPSA) is 49.3 Å². The number of hydrogen-bond acceptors (Lipinski definition) is 2. The van der Waals surface area contributed by atoms with Crippen molar-refractivity contribution in [2.45, 2.75) is 38.6 Å². The monoisotopic (exact) mass is 233 g/mol. The molecule has 2 N–H and O–H groups in total. The van der Waals surface area contributed by atoms with Crippen LogP contribution in [0.15, 0.2) is 24.3 Å². The van der Waals surface area contributed by atoms with Crippen molar-refractivity contribution >= 4 is 11.7 Å². The first-order chi connectivity index (χ1) is 8.09. The van der Waals surface area contributed by atoms with Crippen LogP contribution in [0.4, 0.5) is 5.69 Å². The summed E-state index contributed by atoms with van der Waals surface area (Å²) in [5.74, 6) is -0.0499. The van der Waals surface area contributed by atoms with Crippen molar-refractivity contribution < 1.29 is 9.90 Å². The number of benzene rings is 1. The summed E-state index contributed by atoms with van der Waals surface area (Å²) in [5.41, 5.74) is 2.14. The molecule has 2 rings (SSSR count). The minimum atomic E-state index is -0.744. The zero-order chi connectivity index (χ0) is 12.4. The van der Waals surface area contributed by atoms with E-state index in [0.717, 1.165) is 18.5 Å². The van der Waals surface area contributed by atoms with E-state index >= 15 is 0 Å². The van der Waals surface area contributed by atoms with Crippen LogP contribution in [0, 0.1) is 5.92 Å². The predicted molar refractivity (Wildman–Crippen MR) is 68.3 cm³/mol. The first kappa shape index (κ1) is 12.0. The molecule has 3 nitrogen and oxygen atoms in total. The van der Waals surface area contributed by atoms with Crippen LogP contribution in [0.5, 0.6) is 0 Å². The Bertz CT molecular complexity index is 410. The summed E-state index contributed by atoms with van der Waals surface area (Å²) in [6, 6.07) is 7.52. The van der Waals surface area contributed by atoms with Crippen LogP contribution in [0.3, 0.4) is 0 Å². The SMILES string of the molecule is CC(C)c1ccccc1NC(C(=O)O)C1CC1. The number of rotatable bonds is 5. The molecule has 0 saturated heterocycles. The van der Waals surface area contributed by atoms with E-state index in [1.54, 1.807) is 0 Å². The van der Waals surface area contributed by atoms with E-state index in [9.17, 15) is 9.90 Å². The smallest absolute Gasteiger partial charge is 0.326 e. The Morgan fingerprint density at radius 1 is 1.35 bits per heavy atom. The zero-order valence-electron chi connectivity index (χ0n) is 10.3. The molecule has 0 amide bonds. The molecule has 1 aliphatic carbocycles. The number of hydrogen-bond donors (Lipinski definition) is 2. The van der Waals surface area contributed by atoms with E-state index < -0.39 is 12.0 Å². The molecule has 3 heteroatoms. The van der Waals surface area contributed by atoms with Gasteiger partial charge in [-0.2, -0.15) is 0 Å². The Morgan fingerprint density at radius 3 is 2.53 bits per heavy atom. The van der Waals surface area contributed by atoms with Crippen LogP contribution >= 0.6 is 0 Å². The first-order valence-electron chi connectivity index (χ1n) is 6.18. The second-order valence-electron chi connectivity index (χ2n) is 5.04. The molecule has 1 aromatic rings. The number of carboxylic acids is 1. The highest BCUT2D eigenvalue weighted by molar-refractivity contribution is 5.78. The molecule has 0 heterocycles. The van der Waals surface area contributed by atoms with Gasteiger partial charge in [0.05, 0.1) is 0 Å². The lowest BCUT2D eigenvalue weighted by Crippen LogP contribution is -2.31. The maximum Gasteiger partial charge on any atom is 0.326 e. The number of anilines is 1. The normalized spacial score (nSPS) is 16.9. The summed E-state index contributed by atoms with van der Waals surface area (Å²) >= 11 is 0. The molecular weight excluding hydrogens is 214 g/mol. The van der Waals surface area contributed by atoms with E-state index in [1.165, 1.54) is 5.56 Å². The fourth-order valence-corrected chi connectivity index (χ4v) is 2.11. The molecule has 1 saturated carbocycles. The Labute approximate surface area is 102 Å². The molecular formula is C14H19NO2. The van der Waals surface area contributed by atoms with Crippen LogP contribution < -0.4 is 5.32 Å². The van der Waals surface area contributed by atoms with E-state index in [2.05, 4.69) is 25.2 Å². The van der Waals surface area contributed by atoms with Crippen LogP contribution in [0.2, 0.25) is 0 Å². The maximum atomic E-state index is 11.2. The summed E-state index contributed by atoms with van der Waals surface area (Å²) < 4.78 is 0. The van der Waals surface area contributed by atoms with Crippen LogP contribution in [0.1, 0.15) is 38.2 Å². The van der Waals surface area contributed by atoms with Crippen molar-refractivity contribution in [1.29, 1.82) is 0 Å². The van der Waals surface area contributed by atoms with Gasteiger partial charge in [0.25, 0.3) is 0 Å². The van der Waals surface area contributed by atoms with Gasteiger partial charge in [0.15, 0.2) is 0 Å². The number of para-hydroxylation sites is 1. The third-order valence-corrected chi connectivity index (χ3v) is 3.25. The van der Waals surface area contributed by atoms with Gasteiger partial charge in [0.1, 0.15) is 6.04 Å². The third-order valence-electron chi connectivity index (χ3n) is 3.25. The highest BCUT2D eigenvalue weighted by atomic mass is 16.4. The first-order valence-corrected chi connectivity index (χ1v) is 6.18. The Balaban J connectivity index is 2.19. The largest absolute Gasteiger partial charge is 0.480 e. The second-order valence-corrected chi connectivity index (χ2v) is 5.04. The Hall–Kier alpha value is -1.51. The molecule has 1 aliphatic rings. The van der Waals surface area contributed by atoms with Gasteiger partial charge < -0.3 is 10.4 Å². The lowest BCUT2D eigenvalue weighted by Gasteiger charge is -2.19. The standard InChI is InChI=1S/C14H19NO2/c1-9(2)11-5-3-4-6-12(11)15-13(14(16)17)10-7-8-10/h3-6,9-10,13,15H,7-8H2,1-2H3,(H,16,17). The van der Waals surface area contributed by atoms with Crippen molar-refractivity contribution in [3.05, 3.63) is 29.8 Å². The average Bonchev–Trinajstić information content (AvgIpc) is 3.09. The van der Waals surface area contributed by atoms with Gasteiger partial charge in [0, 0.05) is 5.69 Å². The third kappa shape index (κ3) is 2.78. The van der Waals surface area contributed by atoms with Crippen molar-refractivity contribution in [3.8, 4) is 0 Å². The lowest BCUT2D eigenvalue weighted by atomic mass is 10.0. The van der Waals surface area contributed by atoms with E-state index in [4.69, 9.17) is 0 Å².